The van der Waals surface area contributed by atoms with Gasteiger partial charge >= 0.3 is 0 Å². The monoisotopic (exact) mass is 385 g/mol. The maximum absolute atomic E-state index is 13.2. The normalized spacial score (nSPS) is 10.7. The van der Waals surface area contributed by atoms with Crippen molar-refractivity contribution in [2.24, 2.45) is 0 Å². The summed E-state index contributed by atoms with van der Waals surface area (Å²) in [5.41, 5.74) is 1.33. The third kappa shape index (κ3) is 4.23. The third-order valence-corrected chi connectivity index (χ3v) is 4.34. The van der Waals surface area contributed by atoms with Gasteiger partial charge in [-0.25, -0.2) is 9.37 Å². The summed E-state index contributed by atoms with van der Waals surface area (Å²) >= 11 is 5.98. The highest BCUT2D eigenvalue weighted by Gasteiger charge is 2.17. The topological polar surface area (TPSA) is 55.2 Å². The Bertz CT molecular complexity index is 1050. The van der Waals surface area contributed by atoms with Gasteiger partial charge in [0.15, 0.2) is 0 Å². The molecule has 3 aromatic rings. The van der Waals surface area contributed by atoms with Crippen LogP contribution in [0, 0.1) is 12.7 Å². The number of hydrogen-bond acceptors (Lipinski definition) is 3. The van der Waals surface area contributed by atoms with E-state index in [1.807, 2.05) is 0 Å². The van der Waals surface area contributed by atoms with E-state index in [4.69, 9.17) is 11.6 Å². The average Bonchev–Trinajstić information content (AvgIpc) is 2.63. The molecule has 1 aromatic heterocycles. The molecule has 0 fully saturated rings. The standard InChI is InChI=1S/C20H17ClFN3O2/c1-13-10-18(26)25(20(23-13)14-6-8-16(22)9-7-14)12-19(27)24(2)17-5-3-4-15(21)11-17/h3-11H,12H2,1-2H3. The first kappa shape index (κ1) is 18.8. The zero-order valence-electron chi connectivity index (χ0n) is 14.8. The molecule has 3 rings (SSSR count). The predicted octanol–water partition coefficient (Wildman–Crippen LogP) is 3.67. The minimum Gasteiger partial charge on any atom is -0.314 e. The van der Waals surface area contributed by atoms with E-state index in [0.717, 1.165) is 0 Å². The van der Waals surface area contributed by atoms with Crippen molar-refractivity contribution in [1.29, 1.82) is 0 Å². The third-order valence-electron chi connectivity index (χ3n) is 4.10. The van der Waals surface area contributed by atoms with Gasteiger partial charge < -0.3 is 4.90 Å². The zero-order chi connectivity index (χ0) is 19.6. The van der Waals surface area contributed by atoms with Crippen molar-refractivity contribution in [3.63, 3.8) is 0 Å². The molecule has 0 aliphatic heterocycles. The van der Waals surface area contributed by atoms with E-state index in [1.165, 1.54) is 39.8 Å². The van der Waals surface area contributed by atoms with Gasteiger partial charge in [0.25, 0.3) is 5.56 Å². The zero-order valence-corrected chi connectivity index (χ0v) is 15.6. The summed E-state index contributed by atoms with van der Waals surface area (Å²) in [4.78, 5) is 31.0. The Morgan fingerprint density at radius 1 is 1.19 bits per heavy atom. The van der Waals surface area contributed by atoms with Crippen LogP contribution in [0.15, 0.2) is 59.4 Å². The minimum atomic E-state index is -0.392. The molecule has 0 aliphatic carbocycles. The molecule has 0 aliphatic rings. The fourth-order valence-corrected chi connectivity index (χ4v) is 2.85. The van der Waals surface area contributed by atoms with Gasteiger partial charge in [0.05, 0.1) is 0 Å². The Kier molecular flexibility index (Phi) is 5.37. The summed E-state index contributed by atoms with van der Waals surface area (Å²) in [6.07, 6.45) is 0. The van der Waals surface area contributed by atoms with Crippen LogP contribution in [0.2, 0.25) is 5.02 Å². The molecular weight excluding hydrogens is 369 g/mol. The summed E-state index contributed by atoms with van der Waals surface area (Å²) in [6.45, 7) is 1.49. The molecule has 0 N–H and O–H groups in total. The average molecular weight is 386 g/mol. The molecule has 0 saturated heterocycles. The summed E-state index contributed by atoms with van der Waals surface area (Å²) < 4.78 is 14.5. The van der Waals surface area contributed by atoms with Gasteiger partial charge in [-0.05, 0) is 49.4 Å². The first-order valence-electron chi connectivity index (χ1n) is 8.21. The molecule has 5 nitrogen and oxygen atoms in total. The highest BCUT2D eigenvalue weighted by atomic mass is 35.5. The second kappa shape index (κ2) is 7.72. The van der Waals surface area contributed by atoms with E-state index in [-0.39, 0.29) is 18.0 Å². The Balaban J connectivity index is 1.98. The van der Waals surface area contributed by atoms with Crippen molar-refractivity contribution in [2.45, 2.75) is 13.5 Å². The Labute approximate surface area is 160 Å². The minimum absolute atomic E-state index is 0.207. The number of likely N-dealkylation sites (N-methyl/N-ethyl adjacent to an activating group) is 1. The van der Waals surface area contributed by atoms with Crippen LogP contribution in [0.3, 0.4) is 0 Å². The van der Waals surface area contributed by atoms with E-state index in [2.05, 4.69) is 4.98 Å². The van der Waals surface area contributed by atoms with Crippen molar-refractivity contribution in [1.82, 2.24) is 9.55 Å². The fraction of sp³-hybridized carbons (Fsp3) is 0.150. The van der Waals surface area contributed by atoms with Crippen LogP contribution in [0.25, 0.3) is 11.4 Å². The number of anilines is 1. The summed E-state index contributed by atoms with van der Waals surface area (Å²) in [5, 5.41) is 0.508. The van der Waals surface area contributed by atoms with Crippen LogP contribution in [0.5, 0.6) is 0 Å². The number of carbonyl (C=O) groups is 1. The Hall–Kier alpha value is -2.99. The number of benzene rings is 2. The van der Waals surface area contributed by atoms with Gasteiger partial charge in [0, 0.05) is 35.1 Å². The van der Waals surface area contributed by atoms with Gasteiger partial charge in [-0.15, -0.1) is 0 Å². The number of hydrogen-bond donors (Lipinski definition) is 0. The fourth-order valence-electron chi connectivity index (χ4n) is 2.66. The number of aryl methyl sites for hydroxylation is 1. The second-order valence-electron chi connectivity index (χ2n) is 6.09. The van der Waals surface area contributed by atoms with Crippen LogP contribution in [0.1, 0.15) is 5.69 Å². The molecule has 0 radical (unpaired) electrons. The van der Waals surface area contributed by atoms with E-state index in [1.54, 1.807) is 38.2 Å². The summed E-state index contributed by atoms with van der Waals surface area (Å²) in [6, 6.07) is 13.9. The van der Waals surface area contributed by atoms with Crippen molar-refractivity contribution >= 4 is 23.2 Å². The van der Waals surface area contributed by atoms with E-state index >= 15 is 0 Å². The lowest BCUT2D eigenvalue weighted by Gasteiger charge is -2.19. The molecule has 0 atom stereocenters. The van der Waals surface area contributed by atoms with E-state index in [0.29, 0.717) is 27.8 Å². The summed E-state index contributed by atoms with van der Waals surface area (Å²) in [5.74, 6) is -0.390. The molecule has 1 amide bonds. The van der Waals surface area contributed by atoms with Crippen LogP contribution >= 0.6 is 11.6 Å². The largest absolute Gasteiger partial charge is 0.314 e. The molecule has 1 heterocycles. The number of rotatable bonds is 4. The highest BCUT2D eigenvalue weighted by molar-refractivity contribution is 6.30. The van der Waals surface area contributed by atoms with Gasteiger partial charge in [-0.3, -0.25) is 14.2 Å². The van der Waals surface area contributed by atoms with Crippen molar-refractivity contribution < 1.29 is 9.18 Å². The van der Waals surface area contributed by atoms with E-state index in [9.17, 15) is 14.0 Å². The van der Waals surface area contributed by atoms with Crippen LogP contribution in [-0.2, 0) is 11.3 Å². The molecule has 0 saturated carbocycles. The molecule has 0 unspecified atom stereocenters. The number of carbonyl (C=O) groups excluding carboxylic acids is 1. The molecule has 2 aromatic carbocycles. The SMILES string of the molecule is Cc1cc(=O)n(CC(=O)N(C)c2cccc(Cl)c2)c(-c2ccc(F)cc2)n1. The molecule has 27 heavy (non-hydrogen) atoms. The van der Waals surface area contributed by atoms with Gasteiger partial charge in [-0.1, -0.05) is 17.7 Å². The highest BCUT2D eigenvalue weighted by Crippen LogP contribution is 2.20. The number of nitrogens with zero attached hydrogens (tertiary/aromatic N) is 3. The number of amides is 1. The predicted molar refractivity (Wildman–Crippen MR) is 103 cm³/mol. The number of aromatic nitrogens is 2. The van der Waals surface area contributed by atoms with Crippen molar-refractivity contribution in [2.75, 3.05) is 11.9 Å². The smallest absolute Gasteiger partial charge is 0.254 e. The Morgan fingerprint density at radius 2 is 1.89 bits per heavy atom. The molecule has 0 bridgehead atoms. The first-order chi connectivity index (χ1) is 12.8. The van der Waals surface area contributed by atoms with Gasteiger partial charge in [0.2, 0.25) is 5.91 Å². The molecule has 7 heteroatoms. The van der Waals surface area contributed by atoms with Crippen LogP contribution in [0.4, 0.5) is 10.1 Å². The molecule has 138 valence electrons. The Morgan fingerprint density at radius 3 is 2.56 bits per heavy atom. The lowest BCUT2D eigenvalue weighted by Crippen LogP contribution is -2.35. The lowest BCUT2D eigenvalue weighted by atomic mass is 10.2. The van der Waals surface area contributed by atoms with Crippen molar-refractivity contribution in [3.05, 3.63) is 81.5 Å². The van der Waals surface area contributed by atoms with E-state index < -0.39 is 5.82 Å². The van der Waals surface area contributed by atoms with Crippen molar-refractivity contribution in [3.8, 4) is 11.4 Å². The maximum Gasteiger partial charge on any atom is 0.254 e. The lowest BCUT2D eigenvalue weighted by molar-refractivity contribution is -0.118. The van der Waals surface area contributed by atoms with Gasteiger partial charge in [-0.2, -0.15) is 0 Å². The maximum atomic E-state index is 13.2. The second-order valence-corrected chi connectivity index (χ2v) is 6.52. The van der Waals surface area contributed by atoms with Crippen LogP contribution < -0.4 is 10.5 Å². The van der Waals surface area contributed by atoms with Gasteiger partial charge in [0.1, 0.15) is 18.2 Å². The quantitative estimate of drug-likeness (QED) is 0.688. The molecule has 0 spiro atoms. The number of halogens is 2. The first-order valence-corrected chi connectivity index (χ1v) is 8.59. The van der Waals surface area contributed by atoms with Crippen LogP contribution in [-0.4, -0.2) is 22.5 Å². The molecular formula is C20H17ClFN3O2. The summed E-state index contributed by atoms with van der Waals surface area (Å²) in [7, 11) is 1.61.